The zero-order chi connectivity index (χ0) is 12.5. The van der Waals surface area contributed by atoms with E-state index in [-0.39, 0.29) is 0 Å². The number of thiocarbonyl (C=S) groups is 1. The first-order valence-corrected chi connectivity index (χ1v) is 6.97. The second kappa shape index (κ2) is 4.62. The van der Waals surface area contributed by atoms with E-state index in [0.717, 1.165) is 23.8 Å². The van der Waals surface area contributed by atoms with E-state index < -0.39 is 0 Å². The van der Waals surface area contributed by atoms with Gasteiger partial charge in [-0.2, -0.15) is 0 Å². The van der Waals surface area contributed by atoms with Crippen molar-refractivity contribution in [2.75, 3.05) is 5.32 Å². The highest BCUT2D eigenvalue weighted by Gasteiger charge is 2.16. The Labute approximate surface area is 114 Å². The van der Waals surface area contributed by atoms with Gasteiger partial charge in [0.2, 0.25) is 0 Å². The van der Waals surface area contributed by atoms with Crippen molar-refractivity contribution in [3.05, 3.63) is 34.5 Å². The number of nitrogens with zero attached hydrogens (tertiary/aromatic N) is 2. The Bertz CT molecular complexity index is 584. The molecule has 0 unspecified atom stereocenters. The number of fused-ring (bicyclic) bond motifs is 1. The molecule has 1 aliphatic carbocycles. The molecule has 18 heavy (non-hydrogen) atoms. The van der Waals surface area contributed by atoms with Gasteiger partial charge in [0, 0.05) is 4.88 Å². The number of hydrogen-bond donors (Lipinski definition) is 2. The molecule has 0 radical (unpaired) electrons. The highest BCUT2D eigenvalue weighted by molar-refractivity contribution is 7.80. The molecule has 0 bridgehead atoms. The molecule has 0 fully saturated rings. The summed E-state index contributed by atoms with van der Waals surface area (Å²) >= 11 is 6.62. The van der Waals surface area contributed by atoms with Gasteiger partial charge in [-0.3, -0.25) is 0 Å². The first kappa shape index (κ1) is 11.6. The summed E-state index contributed by atoms with van der Waals surface area (Å²) in [5.74, 6) is 0.729. The SMILES string of the molecule is NC(=S)c1cccc(Nc2nc3c(s2)CCC3)n1. The normalized spacial score (nSPS) is 13.3. The van der Waals surface area contributed by atoms with Crippen LogP contribution < -0.4 is 11.1 Å². The average molecular weight is 276 g/mol. The number of aryl methyl sites for hydroxylation is 2. The van der Waals surface area contributed by atoms with Crippen molar-refractivity contribution in [3.63, 3.8) is 0 Å². The second-order valence-corrected chi connectivity index (χ2v) is 5.66. The van der Waals surface area contributed by atoms with E-state index in [1.807, 2.05) is 12.1 Å². The molecule has 3 N–H and O–H groups in total. The quantitative estimate of drug-likeness (QED) is 0.843. The molecule has 2 heterocycles. The van der Waals surface area contributed by atoms with Gasteiger partial charge in [-0.15, -0.1) is 11.3 Å². The lowest BCUT2D eigenvalue weighted by molar-refractivity contribution is 0.900. The molecule has 0 atom stereocenters. The zero-order valence-electron chi connectivity index (χ0n) is 9.64. The molecule has 2 aromatic rings. The average Bonchev–Trinajstić information content (AvgIpc) is 2.90. The van der Waals surface area contributed by atoms with Gasteiger partial charge < -0.3 is 11.1 Å². The third kappa shape index (κ3) is 2.21. The van der Waals surface area contributed by atoms with Crippen LogP contribution in [-0.4, -0.2) is 15.0 Å². The standard InChI is InChI=1S/C12H12N4S2/c13-11(17)8-4-2-6-10(14-8)16-12-15-7-3-1-5-9(7)18-12/h2,4,6H,1,3,5H2,(H2,13,17)(H,14,15,16). The molecular weight excluding hydrogens is 264 g/mol. The summed E-state index contributed by atoms with van der Waals surface area (Å²) in [6, 6.07) is 5.56. The minimum atomic E-state index is 0.306. The molecule has 0 saturated heterocycles. The minimum Gasteiger partial charge on any atom is -0.388 e. The van der Waals surface area contributed by atoms with Gasteiger partial charge >= 0.3 is 0 Å². The number of pyridine rings is 1. The van der Waals surface area contributed by atoms with E-state index >= 15 is 0 Å². The summed E-state index contributed by atoms with van der Waals surface area (Å²) in [6.07, 6.45) is 3.46. The number of thiazole rings is 1. The number of hydrogen-bond acceptors (Lipinski definition) is 5. The highest BCUT2D eigenvalue weighted by Crippen LogP contribution is 2.31. The fourth-order valence-corrected chi connectivity index (χ4v) is 3.17. The Kier molecular flexibility index (Phi) is 2.97. The van der Waals surface area contributed by atoms with Crippen LogP contribution >= 0.6 is 23.6 Å². The van der Waals surface area contributed by atoms with Crippen molar-refractivity contribution >= 4 is 39.5 Å². The fraction of sp³-hybridized carbons (Fsp3) is 0.250. The van der Waals surface area contributed by atoms with E-state index in [4.69, 9.17) is 18.0 Å². The van der Waals surface area contributed by atoms with Gasteiger partial charge in [0.05, 0.1) is 11.4 Å². The van der Waals surface area contributed by atoms with Crippen LogP contribution in [0.2, 0.25) is 0 Å². The molecule has 3 rings (SSSR count). The number of nitrogens with two attached hydrogens (primary N) is 1. The molecule has 0 aliphatic heterocycles. The largest absolute Gasteiger partial charge is 0.388 e. The summed E-state index contributed by atoms with van der Waals surface area (Å²) in [7, 11) is 0. The third-order valence-electron chi connectivity index (χ3n) is 2.83. The predicted octanol–water partition coefficient (Wildman–Crippen LogP) is 2.40. The molecule has 0 aromatic carbocycles. The minimum absolute atomic E-state index is 0.306. The maximum atomic E-state index is 5.56. The Morgan fingerprint density at radius 2 is 2.22 bits per heavy atom. The van der Waals surface area contributed by atoms with Gasteiger partial charge in [0.1, 0.15) is 10.8 Å². The topological polar surface area (TPSA) is 63.8 Å². The molecule has 6 heteroatoms. The van der Waals surface area contributed by atoms with Crippen molar-refractivity contribution in [1.82, 2.24) is 9.97 Å². The van der Waals surface area contributed by atoms with Crippen molar-refractivity contribution < 1.29 is 0 Å². The molecule has 0 amide bonds. The summed E-state index contributed by atoms with van der Waals surface area (Å²) in [6.45, 7) is 0. The number of rotatable bonds is 3. The maximum absolute atomic E-state index is 5.56. The molecule has 1 aliphatic rings. The lowest BCUT2D eigenvalue weighted by Crippen LogP contribution is -2.12. The van der Waals surface area contributed by atoms with Crippen molar-refractivity contribution in [2.45, 2.75) is 19.3 Å². The van der Waals surface area contributed by atoms with E-state index in [9.17, 15) is 0 Å². The summed E-state index contributed by atoms with van der Waals surface area (Å²) in [4.78, 5) is 10.6. The Morgan fingerprint density at radius 3 is 3.00 bits per heavy atom. The Balaban J connectivity index is 1.83. The van der Waals surface area contributed by atoms with Crippen molar-refractivity contribution in [1.29, 1.82) is 0 Å². The van der Waals surface area contributed by atoms with Crippen LogP contribution in [0, 0.1) is 0 Å². The van der Waals surface area contributed by atoms with E-state index in [2.05, 4.69) is 15.3 Å². The Hall–Kier alpha value is -1.53. The summed E-state index contributed by atoms with van der Waals surface area (Å²) in [5.41, 5.74) is 7.42. The smallest absolute Gasteiger partial charge is 0.188 e. The summed E-state index contributed by atoms with van der Waals surface area (Å²) < 4.78 is 0. The van der Waals surface area contributed by atoms with Crippen LogP contribution in [0.3, 0.4) is 0 Å². The predicted molar refractivity (Wildman–Crippen MR) is 77.5 cm³/mol. The van der Waals surface area contributed by atoms with E-state index in [1.165, 1.54) is 17.0 Å². The first-order chi connectivity index (χ1) is 8.72. The molecule has 92 valence electrons. The van der Waals surface area contributed by atoms with Gasteiger partial charge in [-0.25, -0.2) is 9.97 Å². The molecular formula is C12H12N4S2. The first-order valence-electron chi connectivity index (χ1n) is 5.75. The molecule has 4 nitrogen and oxygen atoms in total. The number of anilines is 2. The second-order valence-electron chi connectivity index (χ2n) is 4.14. The molecule has 0 saturated carbocycles. The number of nitrogens with one attached hydrogen (secondary N) is 1. The van der Waals surface area contributed by atoms with Crippen LogP contribution in [0.5, 0.6) is 0 Å². The lowest BCUT2D eigenvalue weighted by atomic mass is 10.3. The van der Waals surface area contributed by atoms with E-state index in [0.29, 0.717) is 10.7 Å². The fourth-order valence-electron chi connectivity index (χ4n) is 1.99. The van der Waals surface area contributed by atoms with Crippen molar-refractivity contribution in [3.8, 4) is 0 Å². The Morgan fingerprint density at radius 1 is 1.33 bits per heavy atom. The molecule has 2 aromatic heterocycles. The lowest BCUT2D eigenvalue weighted by Gasteiger charge is -2.03. The van der Waals surface area contributed by atoms with Crippen LogP contribution in [-0.2, 0) is 12.8 Å². The van der Waals surface area contributed by atoms with Crippen LogP contribution in [0.25, 0.3) is 0 Å². The molecule has 0 spiro atoms. The van der Waals surface area contributed by atoms with Gasteiger partial charge in [0.15, 0.2) is 5.13 Å². The van der Waals surface area contributed by atoms with Crippen molar-refractivity contribution in [2.24, 2.45) is 5.73 Å². The van der Waals surface area contributed by atoms with Gasteiger partial charge in [-0.1, -0.05) is 18.3 Å². The highest BCUT2D eigenvalue weighted by atomic mass is 32.1. The van der Waals surface area contributed by atoms with Crippen LogP contribution in [0.15, 0.2) is 18.2 Å². The van der Waals surface area contributed by atoms with Crippen LogP contribution in [0.4, 0.5) is 10.9 Å². The number of aromatic nitrogens is 2. The monoisotopic (exact) mass is 276 g/mol. The summed E-state index contributed by atoms with van der Waals surface area (Å²) in [5, 5.41) is 4.11. The third-order valence-corrected chi connectivity index (χ3v) is 4.11. The van der Waals surface area contributed by atoms with Crippen LogP contribution in [0.1, 0.15) is 22.7 Å². The maximum Gasteiger partial charge on any atom is 0.188 e. The van der Waals surface area contributed by atoms with Gasteiger partial charge in [0.25, 0.3) is 0 Å². The zero-order valence-corrected chi connectivity index (χ0v) is 11.3. The van der Waals surface area contributed by atoms with E-state index in [1.54, 1.807) is 17.4 Å². The van der Waals surface area contributed by atoms with Gasteiger partial charge in [-0.05, 0) is 31.4 Å².